The van der Waals surface area contributed by atoms with E-state index in [2.05, 4.69) is 14.9 Å². The van der Waals surface area contributed by atoms with Crippen LogP contribution in [0.25, 0.3) is 11.2 Å². The summed E-state index contributed by atoms with van der Waals surface area (Å²) in [5.74, 6) is 0.364. The van der Waals surface area contributed by atoms with Gasteiger partial charge in [0.1, 0.15) is 5.82 Å². The number of rotatable bonds is 3. The molecule has 25 heavy (non-hydrogen) atoms. The average Bonchev–Trinajstić information content (AvgIpc) is 3.23. The Bertz CT molecular complexity index is 1040. The number of fused-ring (bicyclic) bond motifs is 1. The van der Waals surface area contributed by atoms with E-state index in [9.17, 15) is 14.0 Å². The molecule has 1 aliphatic heterocycles. The SMILES string of the molecule is Cn1c(=O)[nH]c(=O)c2c1nc(N1CCCC1)n2Cc1ccc(F)cc1. The first-order valence-corrected chi connectivity index (χ1v) is 8.23. The number of aromatic nitrogens is 4. The molecule has 3 heterocycles. The predicted molar refractivity (Wildman–Crippen MR) is 92.5 cm³/mol. The third-order valence-electron chi connectivity index (χ3n) is 4.63. The summed E-state index contributed by atoms with van der Waals surface area (Å²) in [6, 6.07) is 6.16. The Morgan fingerprint density at radius 2 is 1.84 bits per heavy atom. The van der Waals surface area contributed by atoms with E-state index >= 15 is 0 Å². The van der Waals surface area contributed by atoms with Crippen LogP contribution in [-0.2, 0) is 13.6 Å². The molecule has 1 fully saturated rings. The second kappa shape index (κ2) is 5.87. The van der Waals surface area contributed by atoms with Crippen LogP contribution in [-0.4, -0.2) is 32.2 Å². The summed E-state index contributed by atoms with van der Waals surface area (Å²) in [6.45, 7) is 2.10. The topological polar surface area (TPSA) is 75.9 Å². The molecular weight excluding hydrogens is 325 g/mol. The van der Waals surface area contributed by atoms with Gasteiger partial charge in [-0.25, -0.2) is 9.18 Å². The van der Waals surface area contributed by atoms with Crippen molar-refractivity contribution in [2.45, 2.75) is 19.4 Å². The van der Waals surface area contributed by atoms with Crippen molar-refractivity contribution in [3.63, 3.8) is 0 Å². The molecule has 0 radical (unpaired) electrons. The van der Waals surface area contributed by atoms with Gasteiger partial charge in [0.25, 0.3) is 5.56 Å². The van der Waals surface area contributed by atoms with Gasteiger partial charge in [-0.2, -0.15) is 4.98 Å². The normalized spacial score (nSPS) is 14.6. The minimum atomic E-state index is -0.489. The third kappa shape index (κ3) is 2.63. The second-order valence-electron chi connectivity index (χ2n) is 6.31. The van der Waals surface area contributed by atoms with Gasteiger partial charge in [0.15, 0.2) is 11.2 Å². The lowest BCUT2D eigenvalue weighted by Crippen LogP contribution is -2.29. The Morgan fingerprint density at radius 3 is 2.52 bits per heavy atom. The number of halogens is 1. The van der Waals surface area contributed by atoms with Gasteiger partial charge in [-0.05, 0) is 30.5 Å². The van der Waals surface area contributed by atoms with Crippen molar-refractivity contribution in [3.05, 3.63) is 56.5 Å². The van der Waals surface area contributed by atoms with E-state index in [4.69, 9.17) is 0 Å². The largest absolute Gasteiger partial charge is 0.342 e. The number of nitrogens with zero attached hydrogens (tertiary/aromatic N) is 4. The maximum atomic E-state index is 13.2. The van der Waals surface area contributed by atoms with Crippen molar-refractivity contribution >= 4 is 17.1 Å². The lowest BCUT2D eigenvalue weighted by Gasteiger charge is -2.18. The van der Waals surface area contributed by atoms with Crippen molar-refractivity contribution < 1.29 is 4.39 Å². The van der Waals surface area contributed by atoms with Gasteiger partial charge < -0.3 is 4.90 Å². The van der Waals surface area contributed by atoms with Crippen LogP contribution in [0.2, 0.25) is 0 Å². The fraction of sp³-hybridized carbons (Fsp3) is 0.353. The fourth-order valence-corrected chi connectivity index (χ4v) is 3.30. The Hall–Kier alpha value is -2.90. The Labute approximate surface area is 142 Å². The molecule has 4 rings (SSSR count). The highest BCUT2D eigenvalue weighted by Gasteiger charge is 2.23. The number of hydrogen-bond acceptors (Lipinski definition) is 4. The second-order valence-corrected chi connectivity index (χ2v) is 6.31. The molecule has 1 aromatic carbocycles. The zero-order chi connectivity index (χ0) is 17.6. The molecule has 0 bridgehead atoms. The van der Waals surface area contributed by atoms with Crippen LogP contribution >= 0.6 is 0 Å². The first-order valence-electron chi connectivity index (χ1n) is 8.23. The smallest absolute Gasteiger partial charge is 0.329 e. The molecule has 0 aliphatic carbocycles. The summed E-state index contributed by atoms with van der Waals surface area (Å²) in [7, 11) is 1.59. The zero-order valence-corrected chi connectivity index (χ0v) is 13.8. The van der Waals surface area contributed by atoms with Crippen LogP contribution in [0.3, 0.4) is 0 Å². The lowest BCUT2D eigenvalue weighted by atomic mass is 10.2. The number of nitrogens with one attached hydrogen (secondary N) is 1. The van der Waals surface area contributed by atoms with Crippen molar-refractivity contribution in [2.75, 3.05) is 18.0 Å². The van der Waals surface area contributed by atoms with E-state index in [1.807, 2.05) is 4.57 Å². The maximum Gasteiger partial charge on any atom is 0.329 e. The number of aromatic amines is 1. The standard InChI is InChI=1S/C17H18FN5O2/c1-21-14-13(15(24)20-17(21)25)23(10-11-4-6-12(18)7-5-11)16(19-14)22-8-2-3-9-22/h4-7H,2-3,8-10H2,1H3,(H,20,24,25). The van der Waals surface area contributed by atoms with Crippen LogP contribution < -0.4 is 16.1 Å². The molecule has 1 saturated heterocycles. The molecule has 130 valence electrons. The van der Waals surface area contributed by atoms with E-state index in [1.165, 1.54) is 16.7 Å². The van der Waals surface area contributed by atoms with Crippen molar-refractivity contribution in [1.82, 2.24) is 19.1 Å². The predicted octanol–water partition coefficient (Wildman–Crippen LogP) is 1.21. The highest BCUT2D eigenvalue weighted by molar-refractivity contribution is 5.74. The first-order chi connectivity index (χ1) is 12.0. The minimum Gasteiger partial charge on any atom is -0.342 e. The summed E-state index contributed by atoms with van der Waals surface area (Å²) in [5.41, 5.74) is 0.621. The molecule has 0 amide bonds. The van der Waals surface area contributed by atoms with Gasteiger partial charge in [-0.15, -0.1) is 0 Å². The summed E-state index contributed by atoms with van der Waals surface area (Å²) in [5, 5.41) is 0. The Balaban J connectivity index is 1.94. The van der Waals surface area contributed by atoms with Gasteiger partial charge >= 0.3 is 5.69 Å². The Kier molecular flexibility index (Phi) is 3.67. The van der Waals surface area contributed by atoms with Gasteiger partial charge in [0.2, 0.25) is 5.95 Å². The minimum absolute atomic E-state index is 0.306. The summed E-state index contributed by atoms with van der Waals surface area (Å²) < 4.78 is 16.3. The summed E-state index contributed by atoms with van der Waals surface area (Å²) in [4.78, 5) is 33.4. The number of H-pyrrole nitrogens is 1. The summed E-state index contributed by atoms with van der Waals surface area (Å²) >= 11 is 0. The highest BCUT2D eigenvalue weighted by Crippen LogP contribution is 2.24. The quantitative estimate of drug-likeness (QED) is 0.776. The fourth-order valence-electron chi connectivity index (χ4n) is 3.30. The van der Waals surface area contributed by atoms with Gasteiger partial charge in [-0.3, -0.25) is 18.9 Å². The molecular formula is C17H18FN5O2. The zero-order valence-electron chi connectivity index (χ0n) is 13.8. The van der Waals surface area contributed by atoms with E-state index < -0.39 is 11.2 Å². The van der Waals surface area contributed by atoms with Crippen LogP contribution in [0.15, 0.2) is 33.9 Å². The lowest BCUT2D eigenvalue weighted by molar-refractivity contribution is 0.626. The summed E-state index contributed by atoms with van der Waals surface area (Å²) in [6.07, 6.45) is 2.13. The highest BCUT2D eigenvalue weighted by atomic mass is 19.1. The van der Waals surface area contributed by atoms with E-state index in [-0.39, 0.29) is 5.82 Å². The van der Waals surface area contributed by atoms with Crippen molar-refractivity contribution in [3.8, 4) is 0 Å². The molecule has 0 spiro atoms. The molecule has 0 unspecified atom stereocenters. The van der Waals surface area contributed by atoms with Crippen LogP contribution in [0.5, 0.6) is 0 Å². The van der Waals surface area contributed by atoms with Gasteiger partial charge in [-0.1, -0.05) is 12.1 Å². The Morgan fingerprint density at radius 1 is 1.16 bits per heavy atom. The molecule has 3 aromatic rings. The van der Waals surface area contributed by atoms with Crippen molar-refractivity contribution in [2.24, 2.45) is 7.05 Å². The van der Waals surface area contributed by atoms with Crippen LogP contribution in [0.1, 0.15) is 18.4 Å². The number of anilines is 1. The van der Waals surface area contributed by atoms with Crippen LogP contribution in [0.4, 0.5) is 10.3 Å². The third-order valence-corrected chi connectivity index (χ3v) is 4.63. The monoisotopic (exact) mass is 343 g/mol. The number of hydrogen-bond donors (Lipinski definition) is 1. The number of benzene rings is 1. The average molecular weight is 343 g/mol. The molecule has 7 nitrogen and oxygen atoms in total. The molecule has 0 atom stereocenters. The van der Waals surface area contributed by atoms with Crippen LogP contribution in [0, 0.1) is 5.82 Å². The maximum absolute atomic E-state index is 13.2. The number of imidazole rings is 1. The molecule has 1 N–H and O–H groups in total. The molecule has 2 aromatic heterocycles. The van der Waals surface area contributed by atoms with Gasteiger partial charge in [0, 0.05) is 20.1 Å². The van der Waals surface area contributed by atoms with Gasteiger partial charge in [0.05, 0.1) is 6.54 Å². The van der Waals surface area contributed by atoms with Crippen molar-refractivity contribution in [1.29, 1.82) is 0 Å². The number of aryl methyl sites for hydroxylation is 1. The van der Waals surface area contributed by atoms with E-state index in [0.29, 0.717) is 23.7 Å². The molecule has 0 saturated carbocycles. The van der Waals surface area contributed by atoms with E-state index in [0.717, 1.165) is 31.5 Å². The molecule has 8 heteroatoms. The first kappa shape index (κ1) is 15.6. The van der Waals surface area contributed by atoms with E-state index in [1.54, 1.807) is 19.2 Å². The molecule has 1 aliphatic rings.